The number of methoxy groups -OCH3 is 1. The van der Waals surface area contributed by atoms with Gasteiger partial charge in [-0.05, 0) is 42.3 Å². The van der Waals surface area contributed by atoms with Gasteiger partial charge in [0.25, 0.3) is 0 Å². The first-order valence-corrected chi connectivity index (χ1v) is 9.22. The highest BCUT2D eigenvalue weighted by molar-refractivity contribution is 5.99. The predicted octanol–water partition coefficient (Wildman–Crippen LogP) is 4.38. The smallest absolute Gasteiger partial charge is 0.325 e. The summed E-state index contributed by atoms with van der Waals surface area (Å²) in [7, 11) is 1.59. The summed E-state index contributed by atoms with van der Waals surface area (Å²) < 4.78 is 18.9. The molecule has 6 nitrogen and oxygen atoms in total. The normalized spacial score (nSPS) is 13.2. The molecule has 1 heterocycles. The lowest BCUT2D eigenvalue weighted by molar-refractivity contribution is -0.137. The molecule has 29 heavy (non-hydrogen) atoms. The van der Waals surface area contributed by atoms with E-state index in [1.54, 1.807) is 31.4 Å². The highest BCUT2D eigenvalue weighted by Gasteiger charge is 2.24. The number of carbonyl (C=O) groups is 1. The Labute approximate surface area is 168 Å². The average molecular weight is 398 g/mol. The molecule has 7 heteroatoms. The number of phenolic OH excluding ortho intramolecular Hbond substituents is 1. The number of carboxylic acids is 1. The maximum atomic E-state index is 13.5. The Balaban J connectivity index is 2.36. The first-order valence-electron chi connectivity index (χ1n) is 9.22. The van der Waals surface area contributed by atoms with Crippen molar-refractivity contribution in [3.05, 3.63) is 53.8 Å². The van der Waals surface area contributed by atoms with Crippen molar-refractivity contribution < 1.29 is 24.1 Å². The summed E-state index contributed by atoms with van der Waals surface area (Å²) in [5, 5.41) is 23.0. The minimum absolute atomic E-state index is 0.0463. The largest absolute Gasteiger partial charge is 0.508 e. The number of halogens is 1. The second kappa shape index (κ2) is 8.45. The molecule has 0 amide bonds. The molecule has 0 radical (unpaired) electrons. The van der Waals surface area contributed by atoms with Crippen LogP contribution in [0.25, 0.3) is 22.0 Å². The lowest BCUT2D eigenvalue weighted by Crippen LogP contribution is -2.27. The van der Waals surface area contributed by atoms with Gasteiger partial charge in [0.1, 0.15) is 23.4 Å². The van der Waals surface area contributed by atoms with E-state index in [0.29, 0.717) is 17.9 Å². The van der Waals surface area contributed by atoms with Crippen molar-refractivity contribution in [3.63, 3.8) is 0 Å². The molecule has 3 aromatic rings. The number of carboxylic acid groups (broad SMARTS) is 1. The second-order valence-electron chi connectivity index (χ2n) is 7.02. The van der Waals surface area contributed by atoms with Crippen molar-refractivity contribution >= 4 is 22.7 Å². The Morgan fingerprint density at radius 3 is 2.52 bits per heavy atom. The van der Waals surface area contributed by atoms with E-state index in [0.717, 1.165) is 22.1 Å². The van der Waals surface area contributed by atoms with Crippen LogP contribution in [0.4, 0.5) is 10.2 Å². The zero-order valence-electron chi connectivity index (χ0n) is 16.4. The fourth-order valence-electron chi connectivity index (χ4n) is 3.39. The SMILES string of the molecule is COCC(C)c1c(NC(C)C(=O)O)nc2cc(O)ccc2c1-c1ccc(F)cc1. The predicted molar refractivity (Wildman–Crippen MR) is 110 cm³/mol. The fourth-order valence-corrected chi connectivity index (χ4v) is 3.39. The van der Waals surface area contributed by atoms with Crippen molar-refractivity contribution in [2.75, 3.05) is 19.0 Å². The van der Waals surface area contributed by atoms with E-state index in [2.05, 4.69) is 10.3 Å². The van der Waals surface area contributed by atoms with Crippen LogP contribution in [0, 0.1) is 5.82 Å². The van der Waals surface area contributed by atoms with Crippen molar-refractivity contribution in [2.45, 2.75) is 25.8 Å². The molecule has 0 spiro atoms. The van der Waals surface area contributed by atoms with Crippen LogP contribution in [0.3, 0.4) is 0 Å². The van der Waals surface area contributed by atoms with E-state index in [-0.39, 0.29) is 17.5 Å². The molecule has 0 saturated carbocycles. The Morgan fingerprint density at radius 1 is 1.21 bits per heavy atom. The number of benzene rings is 2. The molecule has 0 aliphatic heterocycles. The summed E-state index contributed by atoms with van der Waals surface area (Å²) in [4.78, 5) is 16.0. The van der Waals surface area contributed by atoms with E-state index in [1.165, 1.54) is 25.1 Å². The number of hydrogen-bond acceptors (Lipinski definition) is 5. The Hall–Kier alpha value is -3.19. The number of aromatic nitrogens is 1. The Bertz CT molecular complexity index is 1040. The lowest BCUT2D eigenvalue weighted by atomic mass is 9.89. The monoisotopic (exact) mass is 398 g/mol. The third kappa shape index (κ3) is 4.30. The van der Waals surface area contributed by atoms with Crippen LogP contribution >= 0.6 is 0 Å². The minimum Gasteiger partial charge on any atom is -0.508 e. The molecule has 1 aromatic heterocycles. The van der Waals surface area contributed by atoms with Gasteiger partial charge in [-0.1, -0.05) is 19.1 Å². The molecule has 2 unspecified atom stereocenters. The lowest BCUT2D eigenvalue weighted by Gasteiger charge is -2.23. The number of phenols is 1. The van der Waals surface area contributed by atoms with Crippen LogP contribution < -0.4 is 5.32 Å². The maximum Gasteiger partial charge on any atom is 0.325 e. The van der Waals surface area contributed by atoms with Crippen LogP contribution in [0.2, 0.25) is 0 Å². The van der Waals surface area contributed by atoms with E-state index in [9.17, 15) is 19.4 Å². The van der Waals surface area contributed by atoms with Crippen molar-refractivity contribution in [1.29, 1.82) is 0 Å². The number of ether oxygens (including phenoxy) is 1. The van der Waals surface area contributed by atoms with Crippen molar-refractivity contribution in [1.82, 2.24) is 4.98 Å². The molecule has 0 bridgehead atoms. The van der Waals surface area contributed by atoms with Crippen LogP contribution in [-0.4, -0.2) is 40.9 Å². The number of nitrogens with zero attached hydrogens (tertiary/aromatic N) is 1. The number of hydrogen-bond donors (Lipinski definition) is 3. The topological polar surface area (TPSA) is 91.7 Å². The summed E-state index contributed by atoms with van der Waals surface area (Å²) in [6, 6.07) is 10.0. The molecule has 0 aliphatic carbocycles. The van der Waals surface area contributed by atoms with Gasteiger partial charge in [0.15, 0.2) is 0 Å². The van der Waals surface area contributed by atoms with E-state index >= 15 is 0 Å². The van der Waals surface area contributed by atoms with Crippen LogP contribution in [0.15, 0.2) is 42.5 Å². The van der Waals surface area contributed by atoms with Gasteiger partial charge in [-0.25, -0.2) is 9.37 Å². The summed E-state index contributed by atoms with van der Waals surface area (Å²) >= 11 is 0. The van der Waals surface area contributed by atoms with Gasteiger partial charge in [0, 0.05) is 30.0 Å². The molecule has 2 atom stereocenters. The van der Waals surface area contributed by atoms with E-state index in [4.69, 9.17) is 4.74 Å². The number of aromatic hydroxyl groups is 1. The number of anilines is 1. The van der Waals surface area contributed by atoms with Gasteiger partial charge in [0.05, 0.1) is 12.1 Å². The molecular weight excluding hydrogens is 375 g/mol. The van der Waals surface area contributed by atoms with Gasteiger partial charge in [-0.3, -0.25) is 4.79 Å². The highest BCUT2D eigenvalue weighted by Crippen LogP contribution is 2.40. The molecule has 3 rings (SSSR count). The number of pyridine rings is 1. The molecular formula is C22H23FN2O4. The average Bonchev–Trinajstić information content (AvgIpc) is 2.67. The number of aliphatic carboxylic acids is 1. The summed E-state index contributed by atoms with van der Waals surface area (Å²) in [6.07, 6.45) is 0. The molecule has 0 aliphatic rings. The third-order valence-electron chi connectivity index (χ3n) is 4.77. The zero-order valence-corrected chi connectivity index (χ0v) is 16.4. The fraction of sp³-hybridized carbons (Fsp3) is 0.273. The standard InChI is InChI=1S/C22H23FN2O4/c1-12(11-29-3)19-20(14-4-6-15(23)7-5-14)17-9-8-16(26)10-18(17)25-21(19)24-13(2)22(27)28/h4-10,12-13,26H,11H2,1-3H3,(H,24,25)(H,27,28). The van der Waals surface area contributed by atoms with Crippen LogP contribution in [-0.2, 0) is 9.53 Å². The number of fused-ring (bicyclic) bond motifs is 1. The maximum absolute atomic E-state index is 13.5. The quantitative estimate of drug-likeness (QED) is 0.547. The van der Waals surface area contributed by atoms with Gasteiger partial charge in [-0.15, -0.1) is 0 Å². The molecule has 3 N–H and O–H groups in total. The van der Waals surface area contributed by atoms with Gasteiger partial charge >= 0.3 is 5.97 Å². The summed E-state index contributed by atoms with van der Waals surface area (Å²) in [5.41, 5.74) is 2.82. The van der Waals surface area contributed by atoms with Gasteiger partial charge in [0.2, 0.25) is 0 Å². The third-order valence-corrected chi connectivity index (χ3v) is 4.77. The van der Waals surface area contributed by atoms with Crippen LogP contribution in [0.1, 0.15) is 25.3 Å². The molecule has 2 aromatic carbocycles. The summed E-state index contributed by atoms with van der Waals surface area (Å²) in [6.45, 7) is 3.87. The number of rotatable bonds is 7. The first kappa shape index (κ1) is 20.5. The molecule has 0 saturated heterocycles. The highest BCUT2D eigenvalue weighted by atomic mass is 19.1. The Kier molecular flexibility index (Phi) is 5.98. The van der Waals surface area contributed by atoms with Gasteiger partial charge < -0.3 is 20.3 Å². The summed E-state index contributed by atoms with van der Waals surface area (Å²) in [5.74, 6) is -1.06. The van der Waals surface area contributed by atoms with Crippen molar-refractivity contribution in [3.8, 4) is 16.9 Å². The minimum atomic E-state index is -1.02. The number of nitrogens with one attached hydrogen (secondary N) is 1. The first-order chi connectivity index (χ1) is 13.8. The molecule has 152 valence electrons. The van der Waals surface area contributed by atoms with Crippen molar-refractivity contribution in [2.24, 2.45) is 0 Å². The molecule has 0 fully saturated rings. The Morgan fingerprint density at radius 2 is 1.90 bits per heavy atom. The second-order valence-corrected chi connectivity index (χ2v) is 7.02. The zero-order chi connectivity index (χ0) is 21.1. The van der Waals surface area contributed by atoms with Gasteiger partial charge in [-0.2, -0.15) is 0 Å². The van der Waals surface area contributed by atoms with Crippen LogP contribution in [0.5, 0.6) is 5.75 Å². The van der Waals surface area contributed by atoms with E-state index < -0.39 is 12.0 Å². The van der Waals surface area contributed by atoms with E-state index in [1.807, 2.05) is 6.92 Å².